The van der Waals surface area contributed by atoms with Gasteiger partial charge in [-0.25, -0.2) is 0 Å². The van der Waals surface area contributed by atoms with Crippen molar-refractivity contribution >= 4 is 14.3 Å². The van der Waals surface area contributed by atoms with Gasteiger partial charge in [0.1, 0.15) is 0 Å². The van der Waals surface area contributed by atoms with E-state index in [0.717, 1.165) is 6.42 Å². The number of carbonyl (C=O) groups excluding carboxylic acids is 1. The van der Waals surface area contributed by atoms with Crippen LogP contribution in [-0.4, -0.2) is 27.0 Å². The zero-order valence-electron chi connectivity index (χ0n) is 11.6. The number of ether oxygens (including phenoxy) is 1. The molecule has 0 radical (unpaired) electrons. The van der Waals surface area contributed by atoms with Crippen LogP contribution >= 0.6 is 0 Å². The van der Waals surface area contributed by atoms with Gasteiger partial charge in [-0.1, -0.05) is 26.8 Å². The molecule has 0 amide bonds. The molecule has 0 N–H and O–H groups in total. The Morgan fingerprint density at radius 3 is 2.53 bits per heavy atom. The molecule has 1 aliphatic heterocycles. The highest BCUT2D eigenvalue weighted by Crippen LogP contribution is 2.39. The highest BCUT2D eigenvalue weighted by molar-refractivity contribution is 6.74. The van der Waals surface area contributed by atoms with E-state index in [1.807, 2.05) is 0 Å². The van der Waals surface area contributed by atoms with Crippen molar-refractivity contribution in [2.75, 3.05) is 6.61 Å². The van der Waals surface area contributed by atoms with Crippen LogP contribution < -0.4 is 0 Å². The van der Waals surface area contributed by atoms with Crippen molar-refractivity contribution in [1.29, 1.82) is 0 Å². The molecule has 0 aromatic rings. The lowest BCUT2D eigenvalue weighted by atomic mass is 9.98. The van der Waals surface area contributed by atoms with Gasteiger partial charge in [0.05, 0.1) is 18.6 Å². The minimum Gasteiger partial charge on any atom is -0.465 e. The third-order valence-electron chi connectivity index (χ3n) is 3.83. The Kier molecular flexibility index (Phi) is 4.20. The summed E-state index contributed by atoms with van der Waals surface area (Å²) in [5.41, 5.74) is 0. The molecular formula is C13H24O3Si. The van der Waals surface area contributed by atoms with E-state index >= 15 is 0 Å². The van der Waals surface area contributed by atoms with Crippen LogP contribution in [-0.2, 0) is 14.0 Å². The third-order valence-corrected chi connectivity index (χ3v) is 8.33. The van der Waals surface area contributed by atoms with Gasteiger partial charge in [-0.3, -0.25) is 4.79 Å². The van der Waals surface area contributed by atoms with Crippen molar-refractivity contribution < 1.29 is 14.0 Å². The molecule has 1 aliphatic rings. The molecule has 0 spiro atoms. The van der Waals surface area contributed by atoms with Gasteiger partial charge in [0, 0.05) is 6.42 Å². The van der Waals surface area contributed by atoms with Crippen LogP contribution in [0.15, 0.2) is 12.7 Å². The third kappa shape index (κ3) is 3.19. The van der Waals surface area contributed by atoms with Crippen molar-refractivity contribution in [1.82, 2.24) is 0 Å². The largest absolute Gasteiger partial charge is 0.465 e. The summed E-state index contributed by atoms with van der Waals surface area (Å²) in [7, 11) is -1.84. The van der Waals surface area contributed by atoms with Gasteiger partial charge < -0.3 is 9.16 Å². The highest BCUT2D eigenvalue weighted by atomic mass is 28.4. The van der Waals surface area contributed by atoms with Gasteiger partial charge >= 0.3 is 5.97 Å². The highest BCUT2D eigenvalue weighted by Gasteiger charge is 2.42. The Morgan fingerprint density at radius 2 is 2.06 bits per heavy atom. The van der Waals surface area contributed by atoms with E-state index in [9.17, 15) is 4.79 Å². The summed E-state index contributed by atoms with van der Waals surface area (Å²) in [5, 5.41) is 0.153. The van der Waals surface area contributed by atoms with E-state index in [2.05, 4.69) is 40.4 Å². The van der Waals surface area contributed by atoms with Crippen molar-refractivity contribution in [2.45, 2.75) is 51.4 Å². The fourth-order valence-electron chi connectivity index (χ4n) is 1.64. The summed E-state index contributed by atoms with van der Waals surface area (Å²) in [5.74, 6) is -0.507. The van der Waals surface area contributed by atoms with E-state index in [4.69, 9.17) is 9.16 Å². The first-order valence-electron chi connectivity index (χ1n) is 6.16. The Hall–Kier alpha value is -0.613. The van der Waals surface area contributed by atoms with Crippen LogP contribution in [0.5, 0.6) is 0 Å². The Balaban J connectivity index is 2.79. The van der Waals surface area contributed by atoms with Gasteiger partial charge in [0.25, 0.3) is 0 Å². The maximum absolute atomic E-state index is 11.6. The molecule has 1 heterocycles. The summed E-state index contributed by atoms with van der Waals surface area (Å²) < 4.78 is 11.3. The number of carbonyl (C=O) groups is 1. The first kappa shape index (κ1) is 14.4. The zero-order chi connectivity index (χ0) is 13.3. The maximum Gasteiger partial charge on any atom is 0.315 e. The Labute approximate surface area is 105 Å². The molecule has 4 heteroatoms. The van der Waals surface area contributed by atoms with Crippen molar-refractivity contribution in [3.63, 3.8) is 0 Å². The maximum atomic E-state index is 11.6. The van der Waals surface area contributed by atoms with Crippen LogP contribution in [0.2, 0.25) is 18.1 Å². The molecule has 0 aromatic heterocycles. The van der Waals surface area contributed by atoms with E-state index in [0.29, 0.717) is 6.61 Å². The average Bonchev–Trinajstić information content (AvgIpc) is 2.15. The molecule has 17 heavy (non-hydrogen) atoms. The van der Waals surface area contributed by atoms with Gasteiger partial charge in [0.15, 0.2) is 8.32 Å². The monoisotopic (exact) mass is 256 g/mol. The summed E-state index contributed by atoms with van der Waals surface area (Å²) in [6.45, 7) is 15.2. The molecule has 1 saturated heterocycles. The van der Waals surface area contributed by atoms with E-state index in [1.54, 1.807) is 6.08 Å². The van der Waals surface area contributed by atoms with Crippen molar-refractivity contribution in [2.24, 2.45) is 5.92 Å². The minimum atomic E-state index is -1.84. The molecule has 0 aromatic carbocycles. The molecule has 1 fully saturated rings. The van der Waals surface area contributed by atoms with Crippen LogP contribution in [0.25, 0.3) is 0 Å². The lowest BCUT2D eigenvalue weighted by Gasteiger charge is -2.41. The summed E-state index contributed by atoms with van der Waals surface area (Å²) >= 11 is 0. The second kappa shape index (κ2) is 4.94. The van der Waals surface area contributed by atoms with Crippen molar-refractivity contribution in [3.8, 4) is 0 Å². The molecule has 98 valence electrons. The second-order valence-corrected chi connectivity index (χ2v) is 10.9. The molecule has 3 nitrogen and oxygen atoms in total. The molecule has 1 rings (SSSR count). The van der Waals surface area contributed by atoms with Crippen LogP contribution in [0.3, 0.4) is 0 Å². The Morgan fingerprint density at radius 1 is 1.47 bits per heavy atom. The quantitative estimate of drug-likeness (QED) is 0.442. The standard InChI is InChI=1S/C13H24O3Si/c1-7-10-11(8-9-15-12(10)14)16-17(5,6)13(2,3)4/h7,10-11H,1,8-9H2,2-6H3/t10-,11-/m0/s1. The Bertz CT molecular complexity index is 304. The van der Waals surface area contributed by atoms with E-state index < -0.39 is 8.32 Å². The van der Waals surface area contributed by atoms with E-state index in [-0.39, 0.29) is 23.0 Å². The second-order valence-electron chi connectivity index (χ2n) is 6.13. The lowest BCUT2D eigenvalue weighted by molar-refractivity contribution is -0.156. The summed E-state index contributed by atoms with van der Waals surface area (Å²) in [6.07, 6.45) is 2.36. The predicted molar refractivity (Wildman–Crippen MR) is 71.3 cm³/mol. The molecule has 0 unspecified atom stereocenters. The van der Waals surface area contributed by atoms with Gasteiger partial charge in [-0.2, -0.15) is 0 Å². The number of cyclic esters (lactones) is 1. The number of hydrogen-bond donors (Lipinski definition) is 0. The van der Waals surface area contributed by atoms with Crippen LogP contribution in [0, 0.1) is 5.92 Å². The van der Waals surface area contributed by atoms with Crippen LogP contribution in [0.4, 0.5) is 0 Å². The van der Waals surface area contributed by atoms with E-state index in [1.165, 1.54) is 0 Å². The molecule has 0 saturated carbocycles. The lowest BCUT2D eigenvalue weighted by Crippen LogP contribution is -2.48. The molecule has 0 aliphatic carbocycles. The number of rotatable bonds is 3. The fraction of sp³-hybridized carbons (Fsp3) is 0.769. The topological polar surface area (TPSA) is 35.5 Å². The van der Waals surface area contributed by atoms with Gasteiger partial charge in [-0.05, 0) is 18.1 Å². The number of esters is 1. The molecule has 0 bridgehead atoms. The predicted octanol–water partition coefficient (Wildman–Crippen LogP) is 3.13. The summed E-state index contributed by atoms with van der Waals surface area (Å²) in [6, 6.07) is 0. The molecular weight excluding hydrogens is 232 g/mol. The molecule has 2 atom stereocenters. The van der Waals surface area contributed by atoms with Gasteiger partial charge in [0.2, 0.25) is 0 Å². The van der Waals surface area contributed by atoms with Crippen LogP contribution in [0.1, 0.15) is 27.2 Å². The van der Waals surface area contributed by atoms with Gasteiger partial charge in [-0.15, -0.1) is 6.58 Å². The number of hydrogen-bond acceptors (Lipinski definition) is 3. The minimum absolute atomic E-state index is 0.0605. The summed E-state index contributed by atoms with van der Waals surface area (Å²) in [4.78, 5) is 11.6. The first-order chi connectivity index (χ1) is 7.69. The fourth-order valence-corrected chi connectivity index (χ4v) is 3.01. The SMILES string of the molecule is C=C[C@@H]1C(=O)OCC[C@@H]1O[Si](C)(C)C(C)(C)C. The zero-order valence-corrected chi connectivity index (χ0v) is 12.6. The normalized spacial score (nSPS) is 26.5. The smallest absolute Gasteiger partial charge is 0.315 e. The van der Waals surface area contributed by atoms with Crippen molar-refractivity contribution in [3.05, 3.63) is 12.7 Å². The first-order valence-corrected chi connectivity index (χ1v) is 9.07. The average molecular weight is 256 g/mol.